The van der Waals surface area contributed by atoms with Crippen LogP contribution in [0.15, 0.2) is 36.7 Å². The van der Waals surface area contributed by atoms with Gasteiger partial charge in [-0.05, 0) is 18.6 Å². The Morgan fingerprint density at radius 2 is 2.00 bits per heavy atom. The normalized spacial score (nSPS) is 11.5. The second-order valence-electron chi connectivity index (χ2n) is 6.18. The molecule has 3 rings (SSSR count). The van der Waals surface area contributed by atoms with Gasteiger partial charge in [0.05, 0.1) is 23.5 Å². The van der Waals surface area contributed by atoms with Gasteiger partial charge in [0.1, 0.15) is 23.8 Å². The molecule has 29 heavy (non-hydrogen) atoms. The number of hydrogen-bond donors (Lipinski definition) is 1. The number of aromatic nitrogens is 4. The summed E-state index contributed by atoms with van der Waals surface area (Å²) < 4.78 is 45.9. The molecular formula is C19H19ClF3N5O. The topological polar surface area (TPSA) is 64.9 Å². The first kappa shape index (κ1) is 20.9. The van der Waals surface area contributed by atoms with Crippen LogP contribution in [0.5, 0.6) is 5.88 Å². The van der Waals surface area contributed by atoms with Crippen molar-refractivity contribution in [1.29, 1.82) is 0 Å². The highest BCUT2D eigenvalue weighted by Crippen LogP contribution is 2.32. The Kier molecular flexibility index (Phi) is 6.26. The molecule has 154 valence electrons. The van der Waals surface area contributed by atoms with Crippen LogP contribution in [0.25, 0.3) is 11.3 Å². The van der Waals surface area contributed by atoms with Crippen LogP contribution < -0.4 is 10.1 Å². The summed E-state index contributed by atoms with van der Waals surface area (Å²) in [5.74, 6) is 0.831. The van der Waals surface area contributed by atoms with Crippen LogP contribution in [-0.4, -0.2) is 32.9 Å². The highest BCUT2D eigenvalue weighted by Gasteiger charge is 2.30. The number of anilines is 1. The first-order chi connectivity index (χ1) is 13.8. The van der Waals surface area contributed by atoms with Gasteiger partial charge in [-0.15, -0.1) is 5.10 Å². The van der Waals surface area contributed by atoms with E-state index in [0.717, 1.165) is 17.8 Å². The van der Waals surface area contributed by atoms with Crippen LogP contribution in [0.4, 0.5) is 19.0 Å². The van der Waals surface area contributed by atoms with E-state index in [1.165, 1.54) is 17.1 Å². The van der Waals surface area contributed by atoms with Gasteiger partial charge in [-0.1, -0.05) is 30.7 Å². The zero-order chi connectivity index (χ0) is 21.0. The molecule has 0 radical (unpaired) electrons. The Labute approximate surface area is 170 Å². The maximum atomic E-state index is 12.9. The van der Waals surface area contributed by atoms with E-state index in [9.17, 15) is 13.2 Å². The summed E-state index contributed by atoms with van der Waals surface area (Å²) >= 11 is 6.22. The number of halogens is 4. The van der Waals surface area contributed by atoms with Crippen LogP contribution in [0.2, 0.25) is 5.02 Å². The smallest absolute Gasteiger partial charge is 0.416 e. The summed E-state index contributed by atoms with van der Waals surface area (Å²) in [6.07, 6.45) is -2.27. The van der Waals surface area contributed by atoms with E-state index in [4.69, 9.17) is 16.3 Å². The fraction of sp³-hybridized carbons (Fsp3) is 0.316. The van der Waals surface area contributed by atoms with E-state index in [0.29, 0.717) is 40.9 Å². The van der Waals surface area contributed by atoms with E-state index in [1.807, 2.05) is 6.92 Å². The molecule has 10 heteroatoms. The summed E-state index contributed by atoms with van der Waals surface area (Å²) in [5, 5.41) is 7.74. The minimum atomic E-state index is -4.40. The van der Waals surface area contributed by atoms with Gasteiger partial charge < -0.3 is 10.1 Å². The van der Waals surface area contributed by atoms with Gasteiger partial charge in [-0.3, -0.25) is 4.68 Å². The third-order valence-electron chi connectivity index (χ3n) is 4.18. The van der Waals surface area contributed by atoms with Crippen molar-refractivity contribution in [2.45, 2.75) is 19.5 Å². The predicted octanol–water partition coefficient (Wildman–Crippen LogP) is 4.60. The summed E-state index contributed by atoms with van der Waals surface area (Å²) in [6, 6.07) is 6.68. The number of nitrogens with one attached hydrogen (secondary N) is 1. The quantitative estimate of drug-likeness (QED) is 0.560. The largest absolute Gasteiger partial charge is 0.475 e. The maximum absolute atomic E-state index is 12.9. The maximum Gasteiger partial charge on any atom is 0.416 e. The molecule has 1 aromatic carbocycles. The van der Waals surface area contributed by atoms with E-state index in [1.54, 1.807) is 19.2 Å². The molecule has 6 nitrogen and oxygen atoms in total. The fourth-order valence-electron chi connectivity index (χ4n) is 2.74. The van der Waals surface area contributed by atoms with Gasteiger partial charge >= 0.3 is 6.18 Å². The first-order valence-corrected chi connectivity index (χ1v) is 9.25. The molecule has 0 spiro atoms. The molecule has 0 aliphatic carbocycles. The molecule has 0 bridgehead atoms. The van der Waals surface area contributed by atoms with E-state index in [2.05, 4.69) is 20.4 Å². The van der Waals surface area contributed by atoms with E-state index < -0.39 is 11.7 Å². The van der Waals surface area contributed by atoms with Crippen molar-refractivity contribution in [2.24, 2.45) is 7.05 Å². The van der Waals surface area contributed by atoms with Crippen molar-refractivity contribution in [3.8, 4) is 17.1 Å². The van der Waals surface area contributed by atoms with Gasteiger partial charge in [0, 0.05) is 18.7 Å². The molecule has 1 N–H and O–H groups in total. The molecule has 0 amide bonds. The lowest BCUT2D eigenvalue weighted by molar-refractivity contribution is -0.137. The molecule has 2 aromatic heterocycles. The Morgan fingerprint density at radius 1 is 1.21 bits per heavy atom. The van der Waals surface area contributed by atoms with Crippen molar-refractivity contribution in [1.82, 2.24) is 19.7 Å². The average Bonchev–Trinajstić information content (AvgIpc) is 3.06. The molecule has 2 heterocycles. The minimum absolute atomic E-state index is 0.265. The van der Waals surface area contributed by atoms with Crippen molar-refractivity contribution in [2.75, 3.05) is 18.5 Å². The highest BCUT2D eigenvalue weighted by atomic mass is 35.5. The molecule has 0 saturated carbocycles. The van der Waals surface area contributed by atoms with Crippen molar-refractivity contribution < 1.29 is 17.9 Å². The molecule has 0 aliphatic heterocycles. The molecule has 0 saturated heterocycles. The summed E-state index contributed by atoms with van der Waals surface area (Å²) in [7, 11) is 1.65. The number of nitrogens with zero attached hydrogens (tertiary/aromatic N) is 4. The second kappa shape index (κ2) is 8.69. The molecule has 0 atom stereocenters. The van der Waals surface area contributed by atoms with Gasteiger partial charge in [0.25, 0.3) is 0 Å². The predicted molar refractivity (Wildman–Crippen MR) is 104 cm³/mol. The van der Waals surface area contributed by atoms with Gasteiger partial charge in [-0.2, -0.15) is 13.2 Å². The second-order valence-corrected chi connectivity index (χ2v) is 6.56. The summed E-state index contributed by atoms with van der Waals surface area (Å²) in [5.41, 5.74) is 0.963. The number of aryl methyl sites for hydroxylation is 2. The molecule has 0 unspecified atom stereocenters. The molecular weight excluding hydrogens is 407 g/mol. The Bertz CT molecular complexity index is 990. The third-order valence-corrected chi connectivity index (χ3v) is 4.58. The van der Waals surface area contributed by atoms with Gasteiger partial charge in [0.15, 0.2) is 0 Å². The lowest BCUT2D eigenvalue weighted by Gasteiger charge is -2.09. The van der Waals surface area contributed by atoms with Gasteiger partial charge in [0.2, 0.25) is 5.88 Å². The minimum Gasteiger partial charge on any atom is -0.475 e. The van der Waals surface area contributed by atoms with Crippen molar-refractivity contribution >= 4 is 17.4 Å². The Morgan fingerprint density at radius 3 is 2.72 bits per heavy atom. The lowest BCUT2D eigenvalue weighted by Crippen LogP contribution is -2.13. The van der Waals surface area contributed by atoms with Crippen LogP contribution in [0.3, 0.4) is 0 Å². The number of ether oxygens (including phenoxy) is 1. The SMILES string of the molecule is CCc1ncnc(NCCOc2cc(-c3cccc(C(F)(F)F)c3)n(C)n2)c1Cl. The summed E-state index contributed by atoms with van der Waals surface area (Å²) in [4.78, 5) is 8.19. The average molecular weight is 426 g/mol. The van der Waals surface area contributed by atoms with Crippen molar-refractivity contribution in [3.63, 3.8) is 0 Å². The highest BCUT2D eigenvalue weighted by molar-refractivity contribution is 6.33. The van der Waals surface area contributed by atoms with E-state index >= 15 is 0 Å². The number of alkyl halides is 3. The zero-order valence-electron chi connectivity index (χ0n) is 15.8. The first-order valence-electron chi connectivity index (χ1n) is 8.87. The molecule has 0 fully saturated rings. The van der Waals surface area contributed by atoms with Crippen LogP contribution >= 0.6 is 11.6 Å². The zero-order valence-corrected chi connectivity index (χ0v) is 16.6. The molecule has 0 aliphatic rings. The number of rotatable bonds is 7. The Balaban J connectivity index is 1.63. The standard InChI is InChI=1S/C19H19ClF3N5O/c1-3-14-17(20)18(26-11-25-14)24-7-8-29-16-10-15(28(2)27-16)12-5-4-6-13(9-12)19(21,22)23/h4-6,9-11H,3,7-8H2,1-2H3,(H,24,25,26). The molecule has 3 aromatic rings. The third kappa shape index (κ3) is 4.97. The van der Waals surface area contributed by atoms with Crippen LogP contribution in [-0.2, 0) is 19.6 Å². The van der Waals surface area contributed by atoms with Crippen LogP contribution in [0.1, 0.15) is 18.2 Å². The van der Waals surface area contributed by atoms with Crippen molar-refractivity contribution in [3.05, 3.63) is 52.9 Å². The lowest BCUT2D eigenvalue weighted by atomic mass is 10.1. The Hall–Kier alpha value is -2.81. The van der Waals surface area contributed by atoms with Gasteiger partial charge in [-0.25, -0.2) is 9.97 Å². The van der Waals surface area contributed by atoms with E-state index in [-0.39, 0.29) is 6.61 Å². The monoisotopic (exact) mass is 425 g/mol. The number of benzene rings is 1. The fourth-order valence-corrected chi connectivity index (χ4v) is 3.04. The number of hydrogen-bond acceptors (Lipinski definition) is 5. The summed E-state index contributed by atoms with van der Waals surface area (Å²) in [6.45, 7) is 2.63. The van der Waals surface area contributed by atoms with Crippen LogP contribution in [0, 0.1) is 0 Å².